The van der Waals surface area contributed by atoms with Gasteiger partial charge in [0, 0.05) is 33.4 Å². The van der Waals surface area contributed by atoms with Gasteiger partial charge in [0.2, 0.25) is 5.69 Å². The van der Waals surface area contributed by atoms with Gasteiger partial charge in [-0.15, -0.1) is 0 Å². The van der Waals surface area contributed by atoms with Gasteiger partial charge in [-0.25, -0.2) is 19.5 Å². The molecule has 3 heterocycles. The molecule has 7 rings (SSSR count). The molecular weight excluding hydrogens is 613 g/mol. The van der Waals surface area contributed by atoms with E-state index >= 15 is 0 Å². The molecule has 5 heteroatoms. The summed E-state index contributed by atoms with van der Waals surface area (Å²) in [6.07, 6.45) is 4.19. The fourth-order valence-corrected chi connectivity index (χ4v) is 7.53. The third-order valence-electron chi connectivity index (χ3n) is 9.92. The number of aryl methyl sites for hydroxylation is 2. The number of fused-ring (bicyclic) bond motifs is 5. The maximum atomic E-state index is 7.12. The second kappa shape index (κ2) is 11.6. The van der Waals surface area contributed by atoms with Gasteiger partial charge in [0.05, 0.1) is 10.9 Å². The second-order valence-corrected chi connectivity index (χ2v) is 18.3. The Morgan fingerprint density at radius 2 is 1.42 bits per heavy atom. The van der Waals surface area contributed by atoms with Crippen LogP contribution in [0.5, 0.6) is 11.5 Å². The zero-order valence-electron chi connectivity index (χ0n) is 32.4. The molecule has 6 aromatic rings. The molecule has 2 aromatic heterocycles. The summed E-state index contributed by atoms with van der Waals surface area (Å²) < 4.78 is 9.41. The maximum Gasteiger partial charge on any atom is 0.228 e. The molecule has 1 aliphatic rings. The molecule has 0 N–H and O–H groups in total. The van der Waals surface area contributed by atoms with E-state index in [4.69, 9.17) is 19.7 Å². The minimum absolute atomic E-state index is 0.203. The topological polar surface area (TPSA) is 51.8 Å². The number of pyridine rings is 1. The number of aromatic nitrogens is 4. The van der Waals surface area contributed by atoms with E-state index in [1.807, 2.05) is 0 Å². The first-order chi connectivity index (χ1) is 23.3. The van der Waals surface area contributed by atoms with E-state index in [2.05, 4.69) is 149 Å². The quantitative estimate of drug-likeness (QED) is 0.139. The highest BCUT2D eigenvalue weighted by atomic mass is 16.5. The largest absolute Gasteiger partial charge is 0.455 e. The van der Waals surface area contributed by atoms with Crippen LogP contribution in [0.25, 0.3) is 55.0 Å². The molecule has 0 spiro atoms. The van der Waals surface area contributed by atoms with Crippen LogP contribution in [0.1, 0.15) is 105 Å². The van der Waals surface area contributed by atoms with Crippen molar-refractivity contribution < 1.29 is 9.30 Å². The van der Waals surface area contributed by atoms with Crippen LogP contribution in [0.4, 0.5) is 0 Å². The van der Waals surface area contributed by atoms with E-state index in [0.29, 0.717) is 5.92 Å². The highest BCUT2D eigenvalue weighted by molar-refractivity contribution is 6.16. The zero-order valence-corrected chi connectivity index (χ0v) is 32.4. The van der Waals surface area contributed by atoms with E-state index in [0.717, 1.165) is 58.1 Å². The highest BCUT2D eigenvalue weighted by Gasteiger charge is 2.34. The van der Waals surface area contributed by atoms with Gasteiger partial charge in [-0.2, -0.15) is 0 Å². The Morgan fingerprint density at radius 3 is 2.04 bits per heavy atom. The van der Waals surface area contributed by atoms with Crippen molar-refractivity contribution in [3.63, 3.8) is 0 Å². The number of benzene rings is 4. The van der Waals surface area contributed by atoms with Gasteiger partial charge in [0.15, 0.2) is 12.0 Å². The van der Waals surface area contributed by atoms with Gasteiger partial charge < -0.3 is 4.74 Å². The lowest BCUT2D eigenvalue weighted by Gasteiger charge is -2.27. The Balaban J connectivity index is 1.51. The van der Waals surface area contributed by atoms with Crippen molar-refractivity contribution >= 4 is 32.3 Å². The zero-order chi connectivity index (χ0) is 36.1. The number of nitrogens with zero attached hydrogens (tertiary/aromatic N) is 4. The van der Waals surface area contributed by atoms with Crippen LogP contribution in [-0.4, -0.2) is 15.0 Å². The summed E-state index contributed by atoms with van der Waals surface area (Å²) in [5.41, 5.74) is 7.17. The van der Waals surface area contributed by atoms with E-state index in [-0.39, 0.29) is 16.2 Å². The summed E-state index contributed by atoms with van der Waals surface area (Å²) in [6.45, 7) is 26.8. The van der Waals surface area contributed by atoms with Gasteiger partial charge in [-0.1, -0.05) is 106 Å². The summed E-state index contributed by atoms with van der Waals surface area (Å²) in [5.74, 6) is 4.75. The molecule has 0 unspecified atom stereocenters. The molecule has 0 saturated heterocycles. The maximum absolute atomic E-state index is 7.12. The second-order valence-electron chi connectivity index (χ2n) is 18.3. The Hall–Kier alpha value is -4.38. The van der Waals surface area contributed by atoms with E-state index in [9.17, 15) is 0 Å². The minimum Gasteiger partial charge on any atom is -0.455 e. The fourth-order valence-electron chi connectivity index (χ4n) is 7.53. The predicted molar refractivity (Wildman–Crippen MR) is 208 cm³/mol. The van der Waals surface area contributed by atoms with Crippen molar-refractivity contribution in [1.82, 2.24) is 15.0 Å². The van der Waals surface area contributed by atoms with Gasteiger partial charge in [-0.3, -0.25) is 0 Å². The SMILES string of the molecule is Cc1c2c(c(CC(C)C)c3ccc(CC(C)(C)C)cc13)Oc1cc3ccc(-c4nc(C(C)(C)C)nc(C(C)(C)C)n4)cc3c3cc[n+](C)c-2c13. The van der Waals surface area contributed by atoms with Gasteiger partial charge in [0.25, 0.3) is 0 Å². The lowest BCUT2D eigenvalue weighted by Crippen LogP contribution is -2.32. The van der Waals surface area contributed by atoms with E-state index in [1.54, 1.807) is 0 Å². The van der Waals surface area contributed by atoms with Crippen LogP contribution in [0.15, 0.2) is 54.7 Å². The molecule has 0 saturated carbocycles. The smallest absolute Gasteiger partial charge is 0.228 e. The van der Waals surface area contributed by atoms with Crippen molar-refractivity contribution in [2.24, 2.45) is 18.4 Å². The molecule has 5 nitrogen and oxygen atoms in total. The van der Waals surface area contributed by atoms with Gasteiger partial charge in [0.1, 0.15) is 30.2 Å². The molecule has 0 fully saturated rings. The van der Waals surface area contributed by atoms with Crippen molar-refractivity contribution in [1.29, 1.82) is 0 Å². The van der Waals surface area contributed by atoms with Crippen molar-refractivity contribution in [2.45, 2.75) is 107 Å². The predicted octanol–water partition coefficient (Wildman–Crippen LogP) is 11.3. The van der Waals surface area contributed by atoms with Crippen LogP contribution in [0, 0.1) is 18.3 Å². The van der Waals surface area contributed by atoms with Crippen molar-refractivity contribution in [3.8, 4) is 34.1 Å². The third-order valence-corrected chi connectivity index (χ3v) is 9.92. The summed E-state index contributed by atoms with van der Waals surface area (Å²) in [6, 6.07) is 18.2. The van der Waals surface area contributed by atoms with Crippen LogP contribution in [0.2, 0.25) is 0 Å². The summed E-state index contributed by atoms with van der Waals surface area (Å²) in [7, 11) is 2.17. The number of hydrogen-bond acceptors (Lipinski definition) is 4. The van der Waals surface area contributed by atoms with Crippen molar-refractivity contribution in [2.75, 3.05) is 0 Å². The standard InChI is InChI=1S/C45H53N4O/c1-25(2)20-34-30-17-14-27(24-43(4,5)6)21-32(30)26(3)36-38-37-31(18-19-49(38)13)33-22-29(16-15-28(33)23-35(37)50-39(34)36)40-46-41(44(7,8)9)48-42(47-40)45(10,11)12/h14-19,21-23,25H,20,24H2,1-13H3/q+1. The summed E-state index contributed by atoms with van der Waals surface area (Å²) in [4.78, 5) is 15.0. The van der Waals surface area contributed by atoms with Gasteiger partial charge in [-0.05, 0) is 75.9 Å². The van der Waals surface area contributed by atoms with E-state index in [1.165, 1.54) is 49.5 Å². The van der Waals surface area contributed by atoms with Crippen LogP contribution >= 0.6 is 0 Å². The Kier molecular flexibility index (Phi) is 7.90. The minimum atomic E-state index is -0.203. The lowest BCUT2D eigenvalue weighted by molar-refractivity contribution is -0.659. The molecule has 50 heavy (non-hydrogen) atoms. The Bertz CT molecular complexity index is 2310. The molecule has 4 aromatic carbocycles. The van der Waals surface area contributed by atoms with Crippen molar-refractivity contribution in [3.05, 3.63) is 83.1 Å². The number of rotatable bonds is 4. The average Bonchev–Trinajstić information content (AvgIpc) is 3.01. The number of ether oxygens (including phenoxy) is 1. The Morgan fingerprint density at radius 1 is 0.740 bits per heavy atom. The molecule has 258 valence electrons. The third kappa shape index (κ3) is 5.93. The first kappa shape index (κ1) is 34.1. The summed E-state index contributed by atoms with van der Waals surface area (Å²) in [5, 5.41) is 7.25. The highest BCUT2D eigenvalue weighted by Crippen LogP contribution is 2.52. The molecule has 0 bridgehead atoms. The molecular formula is C45H53N4O+. The molecule has 0 radical (unpaired) electrons. The first-order valence-corrected chi connectivity index (χ1v) is 18.2. The van der Waals surface area contributed by atoms with Crippen LogP contribution < -0.4 is 9.30 Å². The number of hydrogen-bond donors (Lipinski definition) is 0. The molecule has 0 atom stereocenters. The van der Waals surface area contributed by atoms with Gasteiger partial charge >= 0.3 is 0 Å². The molecule has 0 aliphatic carbocycles. The average molecular weight is 666 g/mol. The van der Waals surface area contributed by atoms with Crippen LogP contribution in [0.3, 0.4) is 0 Å². The fraction of sp³-hybridized carbons (Fsp3) is 0.422. The van der Waals surface area contributed by atoms with E-state index < -0.39 is 0 Å². The Labute approximate surface area is 298 Å². The van der Waals surface area contributed by atoms with Crippen LogP contribution in [-0.2, 0) is 30.7 Å². The normalized spacial score (nSPS) is 13.4. The molecule has 1 aliphatic heterocycles. The monoisotopic (exact) mass is 665 g/mol. The summed E-state index contributed by atoms with van der Waals surface area (Å²) >= 11 is 0. The molecule has 0 amide bonds. The lowest BCUT2D eigenvalue weighted by atomic mass is 9.83. The first-order valence-electron chi connectivity index (χ1n) is 18.2.